The molecule has 6 nitrogen and oxygen atoms in total. The summed E-state index contributed by atoms with van der Waals surface area (Å²) in [4.78, 5) is 25.5. The van der Waals surface area contributed by atoms with Gasteiger partial charge in [0.05, 0.1) is 54.4 Å². The lowest BCUT2D eigenvalue weighted by Crippen LogP contribution is -3.00. The molecule has 0 aliphatic heterocycles. The van der Waals surface area contributed by atoms with Crippen molar-refractivity contribution in [2.75, 3.05) is 67.5 Å². The Morgan fingerprint density at radius 3 is 0.870 bits per heavy atom. The fourth-order valence-electron chi connectivity index (χ4n) is 7.38. The Kier molecular flexibility index (Phi) is 37.2. The minimum absolute atomic E-state index is 0. The maximum Gasteiger partial charge on any atom is 0.251 e. The molecule has 0 spiro atoms. The van der Waals surface area contributed by atoms with Crippen molar-refractivity contribution in [2.45, 2.75) is 181 Å². The van der Waals surface area contributed by atoms with Crippen LogP contribution in [0.2, 0.25) is 0 Å². The lowest BCUT2D eigenvalue weighted by molar-refractivity contribution is -0.890. The van der Waals surface area contributed by atoms with Gasteiger partial charge in [-0.25, -0.2) is 0 Å². The Morgan fingerprint density at radius 2 is 0.611 bits per heavy atom. The van der Waals surface area contributed by atoms with E-state index in [9.17, 15) is 9.59 Å². The number of halogens is 2. The number of quaternary nitrogens is 2. The molecule has 8 heteroatoms. The van der Waals surface area contributed by atoms with Gasteiger partial charge < -0.3 is 53.6 Å². The van der Waals surface area contributed by atoms with Gasteiger partial charge in [0.25, 0.3) is 11.8 Å². The molecule has 1 aromatic carbocycles. The molecule has 0 saturated heterocycles. The normalized spacial score (nSPS) is 11.5. The van der Waals surface area contributed by atoms with Crippen molar-refractivity contribution in [3.8, 4) is 0 Å². The van der Waals surface area contributed by atoms with Crippen molar-refractivity contribution in [3.63, 3.8) is 0 Å². The van der Waals surface area contributed by atoms with E-state index in [1.807, 2.05) is 0 Å². The zero-order valence-electron chi connectivity index (χ0n) is 36.4. The molecule has 2 N–H and O–H groups in total. The van der Waals surface area contributed by atoms with Crippen LogP contribution in [0.5, 0.6) is 0 Å². The Bertz CT molecular complexity index is 924. The second-order valence-electron chi connectivity index (χ2n) is 17.3. The molecule has 318 valence electrons. The second-order valence-corrected chi connectivity index (χ2v) is 17.3. The predicted octanol–water partition coefficient (Wildman–Crippen LogP) is 5.49. The summed E-state index contributed by atoms with van der Waals surface area (Å²) in [7, 11) is 9.24. The van der Waals surface area contributed by atoms with Crippen molar-refractivity contribution in [1.82, 2.24) is 10.6 Å². The van der Waals surface area contributed by atoms with E-state index in [0.29, 0.717) is 24.2 Å². The van der Waals surface area contributed by atoms with Crippen LogP contribution in [-0.2, 0) is 0 Å². The molecule has 0 atom stereocenters. The van der Waals surface area contributed by atoms with Crippen LogP contribution in [0, 0.1) is 0 Å². The van der Waals surface area contributed by atoms with E-state index in [4.69, 9.17) is 0 Å². The summed E-state index contributed by atoms with van der Waals surface area (Å²) in [6.45, 7) is 10.4. The number of hydrogen-bond donors (Lipinski definition) is 2. The van der Waals surface area contributed by atoms with E-state index in [1.54, 1.807) is 24.3 Å². The zero-order valence-corrected chi connectivity index (χ0v) is 39.6. The van der Waals surface area contributed by atoms with Crippen LogP contribution in [0.25, 0.3) is 0 Å². The number of unbranched alkanes of at least 4 members (excludes halogenated alkanes) is 22. The van der Waals surface area contributed by atoms with E-state index in [2.05, 4.69) is 52.7 Å². The van der Waals surface area contributed by atoms with Crippen LogP contribution in [0.1, 0.15) is 202 Å². The smallest absolute Gasteiger partial charge is 0.251 e. The van der Waals surface area contributed by atoms with Gasteiger partial charge in [-0.05, 0) is 49.9 Å². The minimum Gasteiger partial charge on any atom is -1.00 e. The van der Waals surface area contributed by atoms with E-state index < -0.39 is 0 Å². The summed E-state index contributed by atoms with van der Waals surface area (Å²) in [5.74, 6) is -0.127. The van der Waals surface area contributed by atoms with Crippen molar-refractivity contribution >= 4 is 11.8 Å². The third kappa shape index (κ3) is 32.2. The van der Waals surface area contributed by atoms with Gasteiger partial charge in [0.15, 0.2) is 0 Å². The molecule has 0 unspecified atom stereocenters. The molecular weight excluding hydrogens is 800 g/mol. The lowest BCUT2D eigenvalue weighted by atomic mass is 10.1. The fourth-order valence-corrected chi connectivity index (χ4v) is 7.38. The predicted molar refractivity (Wildman–Crippen MR) is 226 cm³/mol. The number of carbonyl (C=O) groups is 2. The number of nitrogens with one attached hydrogen (secondary N) is 2. The van der Waals surface area contributed by atoms with E-state index in [1.165, 1.54) is 167 Å². The molecule has 0 aliphatic carbocycles. The largest absolute Gasteiger partial charge is 1.00 e. The third-order valence-electron chi connectivity index (χ3n) is 11.1. The van der Waals surface area contributed by atoms with Crippen molar-refractivity contribution < 1.29 is 52.5 Å². The highest BCUT2D eigenvalue weighted by Gasteiger charge is 2.16. The van der Waals surface area contributed by atoms with Crippen LogP contribution in [0.15, 0.2) is 24.3 Å². The molecule has 0 bridgehead atoms. The van der Waals surface area contributed by atoms with E-state index >= 15 is 0 Å². The molecule has 0 aliphatic rings. The van der Waals surface area contributed by atoms with Crippen LogP contribution >= 0.6 is 0 Å². The lowest BCUT2D eigenvalue weighted by Gasteiger charge is -2.30. The zero-order chi connectivity index (χ0) is 38.2. The number of benzene rings is 1. The summed E-state index contributed by atoms with van der Waals surface area (Å²) >= 11 is 0. The number of amides is 2. The van der Waals surface area contributed by atoms with E-state index in [-0.39, 0.29) is 45.8 Å². The number of hydrogen-bond acceptors (Lipinski definition) is 2. The maximum absolute atomic E-state index is 12.7. The van der Waals surface area contributed by atoms with Gasteiger partial charge in [-0.15, -0.1) is 0 Å². The number of rotatable bonds is 36. The quantitative estimate of drug-likeness (QED) is 0.0693. The second kappa shape index (κ2) is 36.4. The Morgan fingerprint density at radius 1 is 0.389 bits per heavy atom. The Balaban J connectivity index is 0. The van der Waals surface area contributed by atoms with Gasteiger partial charge in [-0.3, -0.25) is 9.59 Å². The van der Waals surface area contributed by atoms with Crippen LogP contribution in [0.4, 0.5) is 0 Å². The van der Waals surface area contributed by atoms with Gasteiger partial charge in [0.2, 0.25) is 0 Å². The van der Waals surface area contributed by atoms with E-state index in [0.717, 1.165) is 34.9 Å². The van der Waals surface area contributed by atoms with Crippen LogP contribution in [-0.4, -0.2) is 88.2 Å². The van der Waals surface area contributed by atoms with Gasteiger partial charge >= 0.3 is 0 Å². The average Bonchev–Trinajstić information content (AvgIpc) is 3.12. The first-order valence-corrected chi connectivity index (χ1v) is 22.4. The molecule has 2 amide bonds. The highest BCUT2D eigenvalue weighted by atomic mass is 79.9. The Hall–Kier alpha value is -0.960. The van der Waals surface area contributed by atoms with Crippen molar-refractivity contribution in [3.05, 3.63) is 35.4 Å². The van der Waals surface area contributed by atoms with Gasteiger partial charge in [0.1, 0.15) is 0 Å². The summed E-state index contributed by atoms with van der Waals surface area (Å²) in [5.41, 5.74) is 1.22. The van der Waals surface area contributed by atoms with Gasteiger partial charge in [0, 0.05) is 37.1 Å². The minimum atomic E-state index is -0.0635. The molecule has 0 fully saturated rings. The number of carbonyl (C=O) groups excluding carboxylic acids is 2. The molecule has 0 aromatic heterocycles. The molecule has 1 rings (SSSR count). The van der Waals surface area contributed by atoms with Crippen LogP contribution in [0.3, 0.4) is 0 Å². The summed E-state index contributed by atoms with van der Waals surface area (Å²) in [6.07, 6.45) is 35.2. The fraction of sp³-hybridized carbons (Fsp3) is 0.826. The molecule has 0 heterocycles. The molecule has 0 radical (unpaired) electrons. The third-order valence-corrected chi connectivity index (χ3v) is 11.1. The highest BCUT2D eigenvalue weighted by Crippen LogP contribution is 2.15. The Labute approximate surface area is 356 Å². The maximum atomic E-state index is 12.7. The first-order valence-electron chi connectivity index (χ1n) is 22.4. The summed E-state index contributed by atoms with van der Waals surface area (Å²) in [5, 5.41) is 6.16. The monoisotopic (exact) mass is 887 g/mol. The topological polar surface area (TPSA) is 58.2 Å². The standard InChI is InChI=1S/C46H86N4O2.2BrH/c1-7-9-11-13-15-17-19-21-23-25-27-29-39-49(3,4)41-31-37-47-45(51)43-33-35-44(36-34-43)46(52)48-38-32-42-50(5,6)40-30-28-26-24-22-20-18-16-14-12-10-8-2;;/h33-36H,7-32,37-42H2,1-6H3;2*1H. The first-order chi connectivity index (χ1) is 25.1. The highest BCUT2D eigenvalue weighted by molar-refractivity contribution is 5.97. The first kappa shape index (κ1) is 55.1. The van der Waals surface area contributed by atoms with Crippen molar-refractivity contribution in [1.29, 1.82) is 0 Å². The SMILES string of the molecule is CCCCCCCCCCCCCC[N+](C)(C)CCCNC(=O)c1ccc(C(=O)NCCC[N+](C)(C)CCCCCCCCCCCCCC)cc1.[Br-].[Br-]. The average molecular weight is 889 g/mol. The van der Waals surface area contributed by atoms with Crippen molar-refractivity contribution in [2.24, 2.45) is 0 Å². The number of nitrogens with zero attached hydrogens (tertiary/aromatic N) is 2. The molecule has 54 heavy (non-hydrogen) atoms. The summed E-state index contributed by atoms with van der Waals surface area (Å²) < 4.78 is 2.01. The van der Waals surface area contributed by atoms with Crippen LogP contribution < -0.4 is 44.6 Å². The molecule has 1 aromatic rings. The van der Waals surface area contributed by atoms with Gasteiger partial charge in [-0.2, -0.15) is 0 Å². The summed E-state index contributed by atoms with van der Waals surface area (Å²) in [6, 6.07) is 7.08. The molecular formula is C46H88Br2N4O2. The van der Waals surface area contributed by atoms with Gasteiger partial charge in [-0.1, -0.05) is 142 Å². The molecule has 0 saturated carbocycles.